The Bertz CT molecular complexity index is 1870. The molecule has 6 rings (SSSR count). The average molecular weight is 671 g/mol. The van der Waals surface area contributed by atoms with E-state index in [1.807, 2.05) is 44.2 Å². The quantitative estimate of drug-likeness (QED) is 0.278. The number of aliphatic hydroxyl groups is 1. The Hall–Kier alpha value is -4.55. The number of benzene rings is 2. The summed E-state index contributed by atoms with van der Waals surface area (Å²) >= 11 is 0. The Morgan fingerprint density at radius 1 is 1.00 bits per heavy atom. The summed E-state index contributed by atoms with van der Waals surface area (Å²) in [7, 11) is -4.16. The maximum absolute atomic E-state index is 14.3. The largest absolute Gasteiger partial charge is 0.475 e. The molecule has 2 aromatic heterocycles. The van der Waals surface area contributed by atoms with E-state index in [0.717, 1.165) is 41.2 Å². The van der Waals surface area contributed by atoms with Gasteiger partial charge in [0.2, 0.25) is 11.8 Å². The molecule has 4 bridgehead atoms. The zero-order valence-electron chi connectivity index (χ0n) is 27.8. The minimum Gasteiger partial charge on any atom is -0.475 e. The maximum Gasteiger partial charge on any atom is 0.264 e. The van der Waals surface area contributed by atoms with Crippen molar-refractivity contribution in [2.75, 3.05) is 29.3 Å². The topological polar surface area (TPSA) is 138 Å². The Morgan fingerprint density at radius 3 is 2.42 bits per heavy atom. The number of nitrogens with one attached hydrogen (secondary N) is 1. The lowest BCUT2D eigenvalue weighted by Gasteiger charge is -2.33. The molecule has 2 N–H and O–H groups in total. The molecule has 0 saturated carbocycles. The Kier molecular flexibility index (Phi) is 9.66. The summed E-state index contributed by atoms with van der Waals surface area (Å²) in [5.41, 5.74) is 4.42. The molecule has 1 atom stereocenters. The zero-order valence-corrected chi connectivity index (χ0v) is 28.6. The average Bonchev–Trinajstić information content (AvgIpc) is 3.05. The van der Waals surface area contributed by atoms with Crippen LogP contribution in [0.25, 0.3) is 11.3 Å². The number of hydrogen-bond acceptors (Lipinski definition) is 9. The van der Waals surface area contributed by atoms with Gasteiger partial charge in [0.15, 0.2) is 0 Å². The third kappa shape index (κ3) is 7.44. The second-order valence-electron chi connectivity index (χ2n) is 13.1. The summed E-state index contributed by atoms with van der Waals surface area (Å²) in [6.07, 6.45) is 3.53. The molecule has 1 saturated heterocycles. The van der Waals surface area contributed by atoms with Crippen molar-refractivity contribution in [3.05, 3.63) is 89.1 Å². The number of hydrogen-bond donors (Lipinski definition) is 2. The summed E-state index contributed by atoms with van der Waals surface area (Å²) in [6.45, 7) is 9.96. The highest BCUT2D eigenvalue weighted by molar-refractivity contribution is 7.92. The van der Waals surface area contributed by atoms with E-state index in [1.165, 1.54) is 12.1 Å². The van der Waals surface area contributed by atoms with Crippen molar-refractivity contribution in [3.63, 3.8) is 0 Å². The number of piperidine rings is 1. The van der Waals surface area contributed by atoms with Crippen molar-refractivity contribution in [2.24, 2.45) is 5.92 Å². The fourth-order valence-electron chi connectivity index (χ4n) is 6.40. The van der Waals surface area contributed by atoms with E-state index in [9.17, 15) is 18.3 Å². The number of ether oxygens (including phenoxy) is 1. The van der Waals surface area contributed by atoms with Crippen LogP contribution < -0.4 is 14.4 Å². The van der Waals surface area contributed by atoms with Crippen molar-refractivity contribution in [2.45, 2.75) is 70.5 Å². The van der Waals surface area contributed by atoms with Crippen LogP contribution in [0.15, 0.2) is 71.8 Å². The number of carbonyl (C=O) groups excluding carboxylic acids is 1. The molecule has 4 aromatic rings. The number of nitrogens with zero attached hydrogens (tertiary/aromatic N) is 5. The monoisotopic (exact) mass is 670 g/mol. The van der Waals surface area contributed by atoms with Crippen LogP contribution in [0, 0.1) is 19.8 Å². The van der Waals surface area contributed by atoms with Crippen LogP contribution in [0.1, 0.15) is 60.2 Å². The highest BCUT2D eigenvalue weighted by atomic mass is 32.2. The summed E-state index contributed by atoms with van der Waals surface area (Å²) in [6, 6.07) is 17.2. The van der Waals surface area contributed by atoms with Crippen LogP contribution in [-0.2, 0) is 16.6 Å². The van der Waals surface area contributed by atoms with Crippen LogP contribution in [0.5, 0.6) is 5.88 Å². The van der Waals surface area contributed by atoms with Gasteiger partial charge in [0.05, 0.1) is 22.7 Å². The first-order valence-corrected chi connectivity index (χ1v) is 17.9. The van der Waals surface area contributed by atoms with E-state index in [0.29, 0.717) is 25.0 Å². The van der Waals surface area contributed by atoms with Crippen molar-refractivity contribution in [3.8, 4) is 17.1 Å². The maximum atomic E-state index is 14.3. The van der Waals surface area contributed by atoms with Crippen molar-refractivity contribution >= 4 is 27.7 Å². The molecule has 2 aliphatic rings. The molecule has 2 aromatic carbocycles. The van der Waals surface area contributed by atoms with Crippen molar-refractivity contribution in [1.29, 1.82) is 0 Å². The summed E-state index contributed by atoms with van der Waals surface area (Å²) in [5, 5.41) is 9.91. The predicted octanol–water partition coefficient (Wildman–Crippen LogP) is 5.37. The number of fused-ring (bicyclic) bond motifs is 4. The molecular formula is C36H42N6O5S. The van der Waals surface area contributed by atoms with Gasteiger partial charge in [-0.15, -0.1) is 0 Å². The number of amides is 1. The Balaban J connectivity index is 1.40. The van der Waals surface area contributed by atoms with Gasteiger partial charge in [-0.1, -0.05) is 44.2 Å². The van der Waals surface area contributed by atoms with Gasteiger partial charge in [0.1, 0.15) is 12.4 Å². The van der Waals surface area contributed by atoms with Gasteiger partial charge in [-0.05, 0) is 80.0 Å². The molecule has 48 heavy (non-hydrogen) atoms. The first-order valence-electron chi connectivity index (χ1n) is 16.4. The summed E-state index contributed by atoms with van der Waals surface area (Å²) in [4.78, 5) is 31.9. The molecule has 12 heteroatoms. The highest BCUT2D eigenvalue weighted by Crippen LogP contribution is 2.31. The molecule has 0 radical (unpaired) electrons. The van der Waals surface area contributed by atoms with Gasteiger partial charge in [0, 0.05) is 43.0 Å². The number of rotatable bonds is 6. The van der Waals surface area contributed by atoms with Gasteiger partial charge in [0.25, 0.3) is 15.9 Å². The fourth-order valence-corrected chi connectivity index (χ4v) is 7.39. The molecule has 252 valence electrons. The molecule has 2 aliphatic heterocycles. The predicted molar refractivity (Wildman–Crippen MR) is 184 cm³/mol. The van der Waals surface area contributed by atoms with E-state index in [1.54, 1.807) is 29.3 Å². The molecule has 0 aliphatic carbocycles. The molecule has 0 unspecified atom stereocenters. The lowest BCUT2D eigenvalue weighted by Crippen LogP contribution is -2.44. The molecule has 4 heterocycles. The lowest BCUT2D eigenvalue weighted by molar-refractivity contribution is 0.0553. The van der Waals surface area contributed by atoms with Gasteiger partial charge < -0.3 is 19.6 Å². The standard InChI is InChI=1S/C36H42N6O5S/c1-23(2)17-28-22-47-33-19-31(34-24(3)7-5-8-25(34)4)38-36(39-33)40-48(45,46)30-10-6-9-27(18-30)35(44)42(28)21-26-11-12-32(37-20-26)41-15-13-29(43)14-16-41/h5-12,18-20,23,28-29,43H,13-17,21-22H2,1-4H3,(H,38,39,40)/t28-/m1/s1. The number of anilines is 2. The van der Waals surface area contributed by atoms with E-state index in [4.69, 9.17) is 9.72 Å². The number of carbonyl (C=O) groups is 1. The van der Waals surface area contributed by atoms with Gasteiger partial charge in [-0.2, -0.15) is 4.98 Å². The van der Waals surface area contributed by atoms with Crippen LogP contribution in [-0.4, -0.2) is 71.1 Å². The molecule has 0 spiro atoms. The number of sulfonamides is 1. The van der Waals surface area contributed by atoms with Gasteiger partial charge >= 0.3 is 0 Å². The second-order valence-corrected chi connectivity index (χ2v) is 14.8. The third-order valence-electron chi connectivity index (χ3n) is 8.88. The van der Waals surface area contributed by atoms with Crippen LogP contribution in [0.2, 0.25) is 0 Å². The molecule has 11 nitrogen and oxygen atoms in total. The fraction of sp³-hybridized carbons (Fsp3) is 0.389. The lowest BCUT2D eigenvalue weighted by atomic mass is 10.00. The minimum absolute atomic E-state index is 0.0748. The Labute approximate surface area is 282 Å². The zero-order chi connectivity index (χ0) is 34.0. The summed E-state index contributed by atoms with van der Waals surface area (Å²) < 4.78 is 36.1. The number of aliphatic hydroxyl groups excluding tert-OH is 1. The van der Waals surface area contributed by atoms with Crippen LogP contribution in [0.4, 0.5) is 11.8 Å². The van der Waals surface area contributed by atoms with Crippen molar-refractivity contribution < 1.29 is 23.1 Å². The van der Waals surface area contributed by atoms with Crippen LogP contribution in [0.3, 0.4) is 0 Å². The van der Waals surface area contributed by atoms with Gasteiger partial charge in [-0.25, -0.2) is 23.1 Å². The highest BCUT2D eigenvalue weighted by Gasteiger charge is 2.29. The number of aryl methyl sites for hydroxylation is 2. The summed E-state index contributed by atoms with van der Waals surface area (Å²) in [5.74, 6) is 0.814. The second kappa shape index (κ2) is 13.9. The molecule has 1 fully saturated rings. The number of aromatic nitrogens is 3. The van der Waals surface area contributed by atoms with E-state index in [2.05, 4.69) is 33.4 Å². The van der Waals surface area contributed by atoms with Gasteiger partial charge in [-0.3, -0.25) is 4.79 Å². The Morgan fingerprint density at radius 2 is 1.73 bits per heavy atom. The molecular weight excluding hydrogens is 629 g/mol. The van der Waals surface area contributed by atoms with E-state index >= 15 is 0 Å². The number of pyridine rings is 1. The first-order chi connectivity index (χ1) is 23.0. The third-order valence-corrected chi connectivity index (χ3v) is 10.2. The normalized spacial score (nSPS) is 18.4. The SMILES string of the molecule is Cc1cccc(C)c1-c1cc2nc(n1)NS(=O)(=O)c1cccc(c1)C(=O)N(Cc1ccc(N3CCC(O)CC3)nc1)[C@H](CC(C)C)CO2. The van der Waals surface area contributed by atoms with Crippen molar-refractivity contribution in [1.82, 2.24) is 19.9 Å². The van der Waals surface area contributed by atoms with Crippen LogP contribution >= 0.6 is 0 Å². The molecule has 1 amide bonds. The minimum atomic E-state index is -4.16. The van der Waals surface area contributed by atoms with E-state index in [-0.39, 0.29) is 59.4 Å². The van der Waals surface area contributed by atoms with E-state index < -0.39 is 10.0 Å². The smallest absolute Gasteiger partial charge is 0.264 e. The first kappa shape index (κ1) is 33.4.